The summed E-state index contributed by atoms with van der Waals surface area (Å²) < 4.78 is 0. The van der Waals surface area contributed by atoms with Crippen LogP contribution in [0.25, 0.3) is 0 Å². The van der Waals surface area contributed by atoms with E-state index in [2.05, 4.69) is 68.5 Å². The van der Waals surface area contributed by atoms with Crippen molar-refractivity contribution in [2.75, 3.05) is 0 Å². The van der Waals surface area contributed by atoms with Gasteiger partial charge in [0.15, 0.2) is 0 Å². The van der Waals surface area contributed by atoms with Gasteiger partial charge >= 0.3 is 0 Å². The Morgan fingerprint density at radius 1 is 0.909 bits per heavy atom. The second-order valence-corrected chi connectivity index (χ2v) is 6.63. The van der Waals surface area contributed by atoms with Crippen molar-refractivity contribution in [3.63, 3.8) is 0 Å². The second kappa shape index (κ2) is 6.96. The summed E-state index contributed by atoms with van der Waals surface area (Å²) in [5.41, 5.74) is 7.54. The molecule has 0 saturated heterocycles. The van der Waals surface area contributed by atoms with Gasteiger partial charge in [-0.3, -0.25) is 0 Å². The van der Waals surface area contributed by atoms with Crippen molar-refractivity contribution in [3.05, 3.63) is 82.4 Å². The van der Waals surface area contributed by atoms with Gasteiger partial charge < -0.3 is 0 Å². The highest BCUT2D eigenvalue weighted by Gasteiger charge is 2.18. The molecule has 1 aliphatic carbocycles. The van der Waals surface area contributed by atoms with E-state index in [1.54, 1.807) is 5.57 Å². The molecule has 0 heteroatoms. The molecule has 0 aromatic heterocycles. The van der Waals surface area contributed by atoms with Crippen LogP contribution in [0.4, 0.5) is 0 Å². The lowest BCUT2D eigenvalue weighted by atomic mass is 9.83. The van der Waals surface area contributed by atoms with Gasteiger partial charge in [0, 0.05) is 0 Å². The van der Waals surface area contributed by atoms with E-state index in [4.69, 9.17) is 0 Å². The normalized spacial score (nSPS) is 15.6. The van der Waals surface area contributed by atoms with Crippen molar-refractivity contribution in [3.8, 4) is 0 Å². The van der Waals surface area contributed by atoms with E-state index in [1.807, 2.05) is 0 Å². The number of rotatable bonds is 5. The zero-order valence-electron chi connectivity index (χ0n) is 13.8. The molecule has 0 nitrogen and oxygen atoms in total. The predicted octanol–water partition coefficient (Wildman–Crippen LogP) is 6.13. The van der Waals surface area contributed by atoms with Gasteiger partial charge in [-0.1, -0.05) is 60.2 Å². The molecule has 0 heterocycles. The molecule has 1 atom stereocenters. The zero-order valence-corrected chi connectivity index (χ0v) is 13.8. The Bertz CT molecular complexity index is 649. The van der Waals surface area contributed by atoms with Crippen molar-refractivity contribution in [1.82, 2.24) is 0 Å². The standard InChI is InChI=1S/C22H26/c1-17-9-8-14-22(18(17)2)21(16-20-12-6-7-13-20)15-19-10-4-3-5-11-19/h3-5,8-12,14,21H,6-7,13,15-16H2,1-2H3. The number of hydrogen-bond acceptors (Lipinski definition) is 0. The molecule has 3 rings (SSSR count). The summed E-state index contributed by atoms with van der Waals surface area (Å²) in [6, 6.07) is 17.7. The van der Waals surface area contributed by atoms with E-state index in [9.17, 15) is 0 Å². The molecule has 2 aromatic rings. The fraction of sp³-hybridized carbons (Fsp3) is 0.364. The van der Waals surface area contributed by atoms with Crippen LogP contribution < -0.4 is 0 Å². The highest BCUT2D eigenvalue weighted by Crippen LogP contribution is 2.34. The molecule has 114 valence electrons. The summed E-state index contributed by atoms with van der Waals surface area (Å²) in [5.74, 6) is 0.603. The fourth-order valence-corrected chi connectivity index (χ4v) is 3.65. The van der Waals surface area contributed by atoms with Crippen molar-refractivity contribution < 1.29 is 0 Å². The Kier molecular flexibility index (Phi) is 4.77. The summed E-state index contributed by atoms with van der Waals surface area (Å²) >= 11 is 0. The Morgan fingerprint density at radius 3 is 2.45 bits per heavy atom. The maximum atomic E-state index is 2.48. The van der Waals surface area contributed by atoms with Gasteiger partial charge in [-0.15, -0.1) is 0 Å². The highest BCUT2D eigenvalue weighted by atomic mass is 14.2. The van der Waals surface area contributed by atoms with E-state index in [0.29, 0.717) is 5.92 Å². The molecule has 0 N–H and O–H groups in total. The van der Waals surface area contributed by atoms with Crippen LogP contribution in [0, 0.1) is 13.8 Å². The lowest BCUT2D eigenvalue weighted by molar-refractivity contribution is 0.657. The van der Waals surface area contributed by atoms with Crippen molar-refractivity contribution in [1.29, 1.82) is 0 Å². The SMILES string of the molecule is Cc1cccc(C(CC2=CCCC2)Cc2ccccc2)c1C. The molecular formula is C22H26. The van der Waals surface area contributed by atoms with E-state index in [0.717, 1.165) is 6.42 Å². The summed E-state index contributed by atoms with van der Waals surface area (Å²) in [7, 11) is 0. The van der Waals surface area contributed by atoms with Crippen LogP contribution in [0.5, 0.6) is 0 Å². The molecule has 0 bridgehead atoms. The maximum absolute atomic E-state index is 2.48. The molecule has 0 spiro atoms. The largest absolute Gasteiger partial charge is 0.0853 e. The van der Waals surface area contributed by atoms with Crippen LogP contribution in [0.3, 0.4) is 0 Å². The number of aryl methyl sites for hydroxylation is 1. The van der Waals surface area contributed by atoms with Gasteiger partial charge in [0.25, 0.3) is 0 Å². The molecule has 22 heavy (non-hydrogen) atoms. The molecule has 0 aliphatic heterocycles. The first kappa shape index (κ1) is 15.1. The van der Waals surface area contributed by atoms with Gasteiger partial charge in [-0.05, 0) is 74.1 Å². The molecule has 0 radical (unpaired) electrons. The van der Waals surface area contributed by atoms with Crippen molar-refractivity contribution in [2.45, 2.75) is 51.9 Å². The molecular weight excluding hydrogens is 264 g/mol. The quantitative estimate of drug-likeness (QED) is 0.581. The second-order valence-electron chi connectivity index (χ2n) is 6.63. The summed E-state index contributed by atoms with van der Waals surface area (Å²) in [5, 5.41) is 0. The number of allylic oxidation sites excluding steroid dienone is 2. The Labute approximate surface area is 134 Å². The summed E-state index contributed by atoms with van der Waals surface area (Å²) in [4.78, 5) is 0. The first-order valence-electron chi connectivity index (χ1n) is 8.52. The Morgan fingerprint density at radius 2 is 1.73 bits per heavy atom. The average Bonchev–Trinajstić information content (AvgIpc) is 3.03. The minimum absolute atomic E-state index is 0.603. The Balaban J connectivity index is 1.89. The lowest BCUT2D eigenvalue weighted by Crippen LogP contribution is -2.07. The van der Waals surface area contributed by atoms with E-state index in [1.165, 1.54) is 47.9 Å². The summed E-state index contributed by atoms with van der Waals surface area (Å²) in [6.45, 7) is 4.51. The first-order chi connectivity index (χ1) is 10.7. The third-order valence-electron chi connectivity index (χ3n) is 5.05. The number of benzene rings is 2. The molecule has 0 amide bonds. The topological polar surface area (TPSA) is 0 Å². The third-order valence-corrected chi connectivity index (χ3v) is 5.05. The van der Waals surface area contributed by atoms with Crippen LogP contribution in [-0.2, 0) is 6.42 Å². The lowest BCUT2D eigenvalue weighted by Gasteiger charge is -2.21. The van der Waals surface area contributed by atoms with Crippen LogP contribution in [-0.4, -0.2) is 0 Å². The third kappa shape index (κ3) is 3.50. The van der Waals surface area contributed by atoms with Gasteiger partial charge in [0.05, 0.1) is 0 Å². The smallest absolute Gasteiger partial charge is 0.00816 e. The molecule has 1 aliphatic rings. The van der Waals surface area contributed by atoms with Gasteiger partial charge in [0.2, 0.25) is 0 Å². The fourth-order valence-electron chi connectivity index (χ4n) is 3.65. The summed E-state index contributed by atoms with van der Waals surface area (Å²) in [6.07, 6.45) is 8.77. The minimum Gasteiger partial charge on any atom is -0.0853 e. The molecule has 2 aromatic carbocycles. The predicted molar refractivity (Wildman–Crippen MR) is 95.4 cm³/mol. The van der Waals surface area contributed by atoms with Crippen LogP contribution in [0.2, 0.25) is 0 Å². The van der Waals surface area contributed by atoms with Crippen LogP contribution >= 0.6 is 0 Å². The van der Waals surface area contributed by atoms with E-state index in [-0.39, 0.29) is 0 Å². The van der Waals surface area contributed by atoms with Crippen molar-refractivity contribution >= 4 is 0 Å². The molecule has 1 unspecified atom stereocenters. The van der Waals surface area contributed by atoms with Crippen LogP contribution in [0.15, 0.2) is 60.2 Å². The van der Waals surface area contributed by atoms with Gasteiger partial charge in [-0.2, -0.15) is 0 Å². The van der Waals surface area contributed by atoms with Crippen LogP contribution in [0.1, 0.15) is 53.9 Å². The highest BCUT2D eigenvalue weighted by molar-refractivity contribution is 5.37. The average molecular weight is 290 g/mol. The van der Waals surface area contributed by atoms with Gasteiger partial charge in [-0.25, -0.2) is 0 Å². The minimum atomic E-state index is 0.603. The molecule has 0 saturated carbocycles. The number of hydrogen-bond donors (Lipinski definition) is 0. The zero-order chi connectivity index (χ0) is 15.4. The molecule has 0 fully saturated rings. The Hall–Kier alpha value is -1.82. The first-order valence-corrected chi connectivity index (χ1v) is 8.52. The monoisotopic (exact) mass is 290 g/mol. The van der Waals surface area contributed by atoms with E-state index < -0.39 is 0 Å². The van der Waals surface area contributed by atoms with E-state index >= 15 is 0 Å². The van der Waals surface area contributed by atoms with Gasteiger partial charge in [0.1, 0.15) is 0 Å². The maximum Gasteiger partial charge on any atom is -0.00816 e. The van der Waals surface area contributed by atoms with Crippen molar-refractivity contribution in [2.24, 2.45) is 0 Å².